The lowest BCUT2D eigenvalue weighted by Crippen LogP contribution is -2.39. The van der Waals surface area contributed by atoms with E-state index >= 15 is 0 Å². The molecule has 0 heterocycles. The number of hydrogen-bond acceptors (Lipinski definition) is 3. The van der Waals surface area contributed by atoms with Gasteiger partial charge in [-0.15, -0.1) is 0 Å². The third kappa shape index (κ3) is 5.73. The van der Waals surface area contributed by atoms with Gasteiger partial charge in [0.1, 0.15) is 5.82 Å². The van der Waals surface area contributed by atoms with E-state index in [0.717, 1.165) is 9.87 Å². The smallest absolute Gasteiger partial charge is 0.243 e. The Labute approximate surface area is 169 Å². The molecule has 0 fully saturated rings. The molecule has 0 atom stereocenters. The van der Waals surface area contributed by atoms with Crippen LogP contribution in [0.1, 0.15) is 5.56 Å². The highest BCUT2D eigenvalue weighted by Gasteiger charge is 2.26. The van der Waals surface area contributed by atoms with Gasteiger partial charge in [-0.2, -0.15) is 4.31 Å². The maximum absolute atomic E-state index is 13.3. The van der Waals surface area contributed by atoms with Crippen LogP contribution < -0.4 is 5.32 Å². The first kappa shape index (κ1) is 20.7. The molecular weight excluding hydrogens is 391 g/mol. The maximum atomic E-state index is 13.3. The number of carbonyl (C=O) groups is 1. The fraction of sp³-hybridized carbons (Fsp3) is 0.136. The molecule has 0 saturated heterocycles. The van der Waals surface area contributed by atoms with Crippen molar-refractivity contribution in [2.75, 3.05) is 18.4 Å². The second kappa shape index (κ2) is 9.45. The van der Waals surface area contributed by atoms with Crippen molar-refractivity contribution in [3.05, 3.63) is 96.3 Å². The van der Waals surface area contributed by atoms with Crippen molar-refractivity contribution in [2.24, 2.45) is 0 Å². The van der Waals surface area contributed by atoms with E-state index in [1.807, 2.05) is 30.3 Å². The molecule has 3 rings (SSSR count). The van der Waals surface area contributed by atoms with Crippen LogP contribution in [0, 0.1) is 5.82 Å². The Balaban J connectivity index is 1.79. The van der Waals surface area contributed by atoms with Gasteiger partial charge in [-0.25, -0.2) is 12.8 Å². The van der Waals surface area contributed by atoms with Gasteiger partial charge >= 0.3 is 0 Å². The number of halogens is 1. The molecule has 3 aromatic carbocycles. The summed E-state index contributed by atoms with van der Waals surface area (Å²) in [6, 6.07) is 22.9. The van der Waals surface area contributed by atoms with Crippen molar-refractivity contribution in [1.82, 2.24) is 4.31 Å². The topological polar surface area (TPSA) is 66.5 Å². The minimum atomic E-state index is -3.87. The highest BCUT2D eigenvalue weighted by Crippen LogP contribution is 2.17. The van der Waals surface area contributed by atoms with E-state index in [1.165, 1.54) is 30.3 Å². The van der Waals surface area contributed by atoms with E-state index in [9.17, 15) is 17.6 Å². The highest BCUT2D eigenvalue weighted by atomic mass is 32.2. The van der Waals surface area contributed by atoms with Crippen LogP contribution in [0.4, 0.5) is 10.1 Å². The first-order valence-electron chi connectivity index (χ1n) is 9.10. The molecule has 1 N–H and O–H groups in total. The number of anilines is 1. The third-order valence-electron chi connectivity index (χ3n) is 4.30. The molecular formula is C22H21FN2O3S. The number of sulfonamides is 1. The van der Waals surface area contributed by atoms with Gasteiger partial charge in [0.05, 0.1) is 11.4 Å². The van der Waals surface area contributed by atoms with Crippen molar-refractivity contribution in [3.8, 4) is 0 Å². The third-order valence-corrected chi connectivity index (χ3v) is 6.16. The lowest BCUT2D eigenvalue weighted by Gasteiger charge is -2.22. The van der Waals surface area contributed by atoms with Crippen molar-refractivity contribution in [3.63, 3.8) is 0 Å². The van der Waals surface area contributed by atoms with Crippen LogP contribution in [-0.2, 0) is 21.2 Å². The largest absolute Gasteiger partial charge is 0.325 e. The van der Waals surface area contributed by atoms with E-state index in [1.54, 1.807) is 24.3 Å². The second-order valence-electron chi connectivity index (χ2n) is 6.45. The molecule has 0 spiro atoms. The Kier molecular flexibility index (Phi) is 6.74. The number of nitrogens with zero attached hydrogens (tertiary/aromatic N) is 1. The summed E-state index contributed by atoms with van der Waals surface area (Å²) in [7, 11) is -3.87. The highest BCUT2D eigenvalue weighted by molar-refractivity contribution is 7.89. The molecule has 150 valence electrons. The summed E-state index contributed by atoms with van der Waals surface area (Å²) in [5.41, 5.74) is 1.24. The average Bonchev–Trinajstić information content (AvgIpc) is 2.72. The molecule has 29 heavy (non-hydrogen) atoms. The number of amides is 1. The summed E-state index contributed by atoms with van der Waals surface area (Å²) in [6.45, 7) is -0.238. The van der Waals surface area contributed by atoms with Gasteiger partial charge in [0.2, 0.25) is 15.9 Å². The molecule has 0 radical (unpaired) electrons. The van der Waals surface area contributed by atoms with E-state index in [-0.39, 0.29) is 23.7 Å². The van der Waals surface area contributed by atoms with E-state index in [0.29, 0.717) is 6.42 Å². The summed E-state index contributed by atoms with van der Waals surface area (Å²) in [5, 5.41) is 2.55. The zero-order valence-electron chi connectivity index (χ0n) is 15.7. The number of benzene rings is 3. The standard InChI is InChI=1S/C22H21FN2O3S/c23-19-10-7-11-20(16-19)24-22(26)17-25(15-14-18-8-3-1-4-9-18)29(27,28)21-12-5-2-6-13-21/h1-13,16H,14-15,17H2,(H,24,26). The fourth-order valence-electron chi connectivity index (χ4n) is 2.85. The van der Waals surface area contributed by atoms with Crippen molar-refractivity contribution in [2.45, 2.75) is 11.3 Å². The predicted octanol–water partition coefficient (Wildman–Crippen LogP) is 3.70. The summed E-state index contributed by atoms with van der Waals surface area (Å²) < 4.78 is 40.6. The molecule has 1 amide bonds. The quantitative estimate of drug-likeness (QED) is 0.614. The molecule has 3 aromatic rings. The first-order chi connectivity index (χ1) is 13.9. The van der Waals surface area contributed by atoms with Crippen LogP contribution in [0.25, 0.3) is 0 Å². The van der Waals surface area contributed by atoms with Gasteiger partial charge < -0.3 is 5.32 Å². The van der Waals surface area contributed by atoms with E-state index in [2.05, 4.69) is 5.32 Å². The second-order valence-corrected chi connectivity index (χ2v) is 8.38. The lowest BCUT2D eigenvalue weighted by molar-refractivity contribution is -0.116. The molecule has 0 bridgehead atoms. The maximum Gasteiger partial charge on any atom is 0.243 e. The molecule has 5 nitrogen and oxygen atoms in total. The molecule has 0 unspecified atom stereocenters. The van der Waals surface area contributed by atoms with Crippen LogP contribution in [0.2, 0.25) is 0 Å². The van der Waals surface area contributed by atoms with Crippen LogP contribution >= 0.6 is 0 Å². The number of carbonyl (C=O) groups excluding carboxylic acids is 1. The number of nitrogens with one attached hydrogen (secondary N) is 1. The van der Waals surface area contributed by atoms with Crippen molar-refractivity contribution in [1.29, 1.82) is 0 Å². The number of hydrogen-bond donors (Lipinski definition) is 1. The zero-order chi connectivity index (χ0) is 20.7. The Morgan fingerprint density at radius 2 is 1.55 bits per heavy atom. The Morgan fingerprint density at radius 1 is 0.897 bits per heavy atom. The molecule has 0 aliphatic rings. The molecule has 0 aromatic heterocycles. The minimum absolute atomic E-state index is 0.117. The normalized spacial score (nSPS) is 11.4. The summed E-state index contributed by atoms with van der Waals surface area (Å²) in [6.07, 6.45) is 0.458. The SMILES string of the molecule is O=C(CN(CCc1ccccc1)S(=O)(=O)c1ccccc1)Nc1cccc(F)c1. The zero-order valence-corrected chi connectivity index (χ0v) is 16.5. The number of rotatable bonds is 8. The summed E-state index contributed by atoms with van der Waals surface area (Å²) in [5.74, 6) is -1.02. The van der Waals surface area contributed by atoms with Crippen LogP contribution in [-0.4, -0.2) is 31.7 Å². The lowest BCUT2D eigenvalue weighted by atomic mass is 10.1. The fourth-order valence-corrected chi connectivity index (χ4v) is 4.27. The van der Waals surface area contributed by atoms with E-state index < -0.39 is 21.7 Å². The van der Waals surface area contributed by atoms with Gasteiger partial charge in [-0.05, 0) is 42.3 Å². The first-order valence-corrected chi connectivity index (χ1v) is 10.5. The van der Waals surface area contributed by atoms with Crippen molar-refractivity contribution < 1.29 is 17.6 Å². The summed E-state index contributed by atoms with van der Waals surface area (Å²) >= 11 is 0. The predicted molar refractivity (Wildman–Crippen MR) is 110 cm³/mol. The van der Waals surface area contributed by atoms with Gasteiger partial charge in [0.15, 0.2) is 0 Å². The van der Waals surface area contributed by atoms with Crippen LogP contribution in [0.5, 0.6) is 0 Å². The van der Waals surface area contributed by atoms with Gasteiger partial charge in [-0.3, -0.25) is 4.79 Å². The van der Waals surface area contributed by atoms with Gasteiger partial charge in [-0.1, -0.05) is 54.6 Å². The molecule has 0 saturated carbocycles. The monoisotopic (exact) mass is 412 g/mol. The Hall–Kier alpha value is -3.03. The van der Waals surface area contributed by atoms with Gasteiger partial charge in [0.25, 0.3) is 0 Å². The average molecular weight is 412 g/mol. The molecule has 0 aliphatic carbocycles. The van der Waals surface area contributed by atoms with E-state index in [4.69, 9.17) is 0 Å². The van der Waals surface area contributed by atoms with Crippen LogP contribution in [0.3, 0.4) is 0 Å². The van der Waals surface area contributed by atoms with Crippen molar-refractivity contribution >= 4 is 21.6 Å². The van der Waals surface area contributed by atoms with Gasteiger partial charge in [0, 0.05) is 12.2 Å². The minimum Gasteiger partial charge on any atom is -0.325 e. The molecule has 0 aliphatic heterocycles. The molecule has 7 heteroatoms. The summed E-state index contributed by atoms with van der Waals surface area (Å²) in [4.78, 5) is 12.6. The Bertz CT molecular complexity index is 1060. The van der Waals surface area contributed by atoms with Crippen LogP contribution in [0.15, 0.2) is 89.8 Å². The Morgan fingerprint density at radius 3 is 2.21 bits per heavy atom.